The summed E-state index contributed by atoms with van der Waals surface area (Å²) < 4.78 is 0. The zero-order valence-corrected chi connectivity index (χ0v) is 13.8. The quantitative estimate of drug-likeness (QED) is 0.865. The Bertz CT molecular complexity index is 677. The number of nitrogens with one attached hydrogen (secondary N) is 1. The molecule has 2 aromatic rings. The second kappa shape index (κ2) is 6.07. The number of benzene rings is 2. The van der Waals surface area contributed by atoms with Gasteiger partial charge in [-0.25, -0.2) is 0 Å². The first-order valence-corrected chi connectivity index (χ1v) is 8.94. The molecule has 22 heavy (non-hydrogen) atoms. The molecular formula is C19H22N2S. The first kappa shape index (κ1) is 14.3. The fourth-order valence-electron chi connectivity index (χ4n) is 3.57. The first-order valence-electron chi connectivity index (χ1n) is 8.12. The van der Waals surface area contributed by atoms with Crippen LogP contribution in [0, 0.1) is 6.92 Å². The molecule has 1 fully saturated rings. The molecule has 4 rings (SSSR count). The predicted octanol–water partition coefficient (Wildman–Crippen LogP) is 3.65. The maximum absolute atomic E-state index is 3.47. The Morgan fingerprint density at radius 1 is 1.05 bits per heavy atom. The Morgan fingerprint density at radius 2 is 1.86 bits per heavy atom. The molecular weight excluding hydrogens is 288 g/mol. The molecule has 2 nitrogen and oxygen atoms in total. The van der Waals surface area contributed by atoms with Gasteiger partial charge in [-0.1, -0.05) is 47.7 Å². The van der Waals surface area contributed by atoms with Crippen molar-refractivity contribution in [3.8, 4) is 0 Å². The molecule has 2 heterocycles. The molecule has 1 N–H and O–H groups in total. The molecule has 0 bridgehead atoms. The van der Waals surface area contributed by atoms with Crippen molar-refractivity contribution in [2.45, 2.75) is 29.2 Å². The minimum Gasteiger partial charge on any atom is -0.314 e. The molecule has 1 unspecified atom stereocenters. The molecule has 0 amide bonds. The van der Waals surface area contributed by atoms with Gasteiger partial charge in [0.2, 0.25) is 0 Å². The molecule has 0 aromatic heterocycles. The van der Waals surface area contributed by atoms with E-state index in [0.717, 1.165) is 32.6 Å². The van der Waals surface area contributed by atoms with Crippen molar-refractivity contribution in [3.63, 3.8) is 0 Å². The van der Waals surface area contributed by atoms with Gasteiger partial charge in [0.15, 0.2) is 0 Å². The lowest BCUT2D eigenvalue weighted by atomic mass is 9.96. The van der Waals surface area contributed by atoms with E-state index < -0.39 is 0 Å². The highest BCUT2D eigenvalue weighted by molar-refractivity contribution is 7.99. The normalized spacial score (nSPS) is 21.8. The fourth-order valence-corrected chi connectivity index (χ4v) is 4.69. The van der Waals surface area contributed by atoms with Gasteiger partial charge in [0, 0.05) is 42.0 Å². The van der Waals surface area contributed by atoms with E-state index >= 15 is 0 Å². The van der Waals surface area contributed by atoms with Gasteiger partial charge in [-0.2, -0.15) is 0 Å². The molecule has 2 aromatic carbocycles. The summed E-state index contributed by atoms with van der Waals surface area (Å²) in [6, 6.07) is 16.4. The lowest BCUT2D eigenvalue weighted by Crippen LogP contribution is -2.45. The second-order valence-electron chi connectivity index (χ2n) is 6.26. The summed E-state index contributed by atoms with van der Waals surface area (Å²) in [4.78, 5) is 5.51. The third kappa shape index (κ3) is 2.69. The Hall–Kier alpha value is -1.29. The number of hydrogen-bond acceptors (Lipinski definition) is 3. The minimum atomic E-state index is 0.508. The van der Waals surface area contributed by atoms with E-state index in [4.69, 9.17) is 0 Å². The third-order valence-electron chi connectivity index (χ3n) is 4.72. The van der Waals surface area contributed by atoms with Crippen molar-refractivity contribution in [1.29, 1.82) is 0 Å². The SMILES string of the molecule is Cc1ccc2c(c1)CC(N1CCNCC1)c1ccccc1S2. The van der Waals surface area contributed by atoms with Crippen LogP contribution >= 0.6 is 11.8 Å². The number of rotatable bonds is 1. The van der Waals surface area contributed by atoms with E-state index in [0.29, 0.717) is 6.04 Å². The molecule has 0 radical (unpaired) electrons. The fraction of sp³-hybridized carbons (Fsp3) is 0.368. The summed E-state index contributed by atoms with van der Waals surface area (Å²) >= 11 is 1.94. The van der Waals surface area contributed by atoms with Crippen molar-refractivity contribution in [2.24, 2.45) is 0 Å². The predicted molar refractivity (Wildman–Crippen MR) is 92.6 cm³/mol. The van der Waals surface area contributed by atoms with Crippen LogP contribution in [0.25, 0.3) is 0 Å². The van der Waals surface area contributed by atoms with Gasteiger partial charge in [-0.3, -0.25) is 4.90 Å². The topological polar surface area (TPSA) is 15.3 Å². The van der Waals surface area contributed by atoms with Crippen LogP contribution in [0.2, 0.25) is 0 Å². The average molecular weight is 310 g/mol. The van der Waals surface area contributed by atoms with Crippen LogP contribution < -0.4 is 5.32 Å². The van der Waals surface area contributed by atoms with E-state index in [1.165, 1.54) is 26.5 Å². The highest BCUT2D eigenvalue weighted by atomic mass is 32.2. The van der Waals surface area contributed by atoms with Crippen molar-refractivity contribution >= 4 is 11.8 Å². The summed E-state index contributed by atoms with van der Waals surface area (Å²) in [5, 5.41) is 3.47. The van der Waals surface area contributed by atoms with Crippen LogP contribution in [0.15, 0.2) is 52.3 Å². The molecule has 1 atom stereocenters. The van der Waals surface area contributed by atoms with Crippen LogP contribution in [-0.4, -0.2) is 31.1 Å². The Labute approximate surface area is 136 Å². The van der Waals surface area contributed by atoms with Gasteiger partial charge in [0.1, 0.15) is 0 Å². The summed E-state index contributed by atoms with van der Waals surface area (Å²) in [6.07, 6.45) is 1.13. The Balaban J connectivity index is 1.78. The van der Waals surface area contributed by atoms with Crippen molar-refractivity contribution in [3.05, 3.63) is 59.2 Å². The van der Waals surface area contributed by atoms with Crippen molar-refractivity contribution in [1.82, 2.24) is 10.2 Å². The van der Waals surface area contributed by atoms with Gasteiger partial charge in [0.05, 0.1) is 0 Å². The number of nitrogens with zero attached hydrogens (tertiary/aromatic N) is 1. The summed E-state index contributed by atoms with van der Waals surface area (Å²) in [5.41, 5.74) is 4.37. The highest BCUT2D eigenvalue weighted by Crippen LogP contribution is 2.42. The van der Waals surface area contributed by atoms with E-state index in [2.05, 4.69) is 59.6 Å². The monoisotopic (exact) mass is 310 g/mol. The van der Waals surface area contributed by atoms with Gasteiger partial charge in [-0.15, -0.1) is 0 Å². The van der Waals surface area contributed by atoms with Gasteiger partial charge in [0.25, 0.3) is 0 Å². The average Bonchev–Trinajstić information content (AvgIpc) is 2.72. The van der Waals surface area contributed by atoms with Crippen LogP contribution in [-0.2, 0) is 6.42 Å². The minimum absolute atomic E-state index is 0.508. The first-order chi connectivity index (χ1) is 10.8. The smallest absolute Gasteiger partial charge is 0.0401 e. The second-order valence-corrected chi connectivity index (χ2v) is 7.34. The van der Waals surface area contributed by atoms with Crippen molar-refractivity contribution < 1.29 is 0 Å². The van der Waals surface area contributed by atoms with Crippen LogP contribution in [0.4, 0.5) is 0 Å². The number of hydrogen-bond donors (Lipinski definition) is 1. The standard InChI is InChI=1S/C19H22N2S/c1-14-6-7-18-15(12-14)13-17(21-10-8-20-9-11-21)16-4-2-3-5-19(16)22-18/h2-7,12,17,20H,8-11,13H2,1H3. The van der Waals surface area contributed by atoms with E-state index in [9.17, 15) is 0 Å². The molecule has 3 heteroatoms. The Kier molecular flexibility index (Phi) is 3.95. The molecule has 1 saturated heterocycles. The van der Waals surface area contributed by atoms with Gasteiger partial charge >= 0.3 is 0 Å². The number of aryl methyl sites for hydroxylation is 1. The number of piperazine rings is 1. The Morgan fingerprint density at radius 3 is 2.73 bits per heavy atom. The number of fused-ring (bicyclic) bond motifs is 2. The molecule has 0 aliphatic carbocycles. The zero-order valence-electron chi connectivity index (χ0n) is 13.0. The maximum Gasteiger partial charge on any atom is 0.0401 e. The third-order valence-corrected chi connectivity index (χ3v) is 5.93. The van der Waals surface area contributed by atoms with Crippen LogP contribution in [0.5, 0.6) is 0 Å². The van der Waals surface area contributed by atoms with E-state index in [1.807, 2.05) is 11.8 Å². The summed E-state index contributed by atoms with van der Waals surface area (Å²) in [6.45, 7) is 6.69. The van der Waals surface area contributed by atoms with E-state index in [-0.39, 0.29) is 0 Å². The lowest BCUT2D eigenvalue weighted by molar-refractivity contribution is 0.170. The largest absolute Gasteiger partial charge is 0.314 e. The lowest BCUT2D eigenvalue weighted by Gasteiger charge is -2.35. The van der Waals surface area contributed by atoms with Crippen LogP contribution in [0.3, 0.4) is 0 Å². The molecule has 0 spiro atoms. The van der Waals surface area contributed by atoms with Gasteiger partial charge in [-0.05, 0) is 36.6 Å². The maximum atomic E-state index is 3.47. The van der Waals surface area contributed by atoms with Gasteiger partial charge < -0.3 is 5.32 Å². The molecule has 2 aliphatic heterocycles. The highest BCUT2D eigenvalue weighted by Gasteiger charge is 2.28. The molecule has 0 saturated carbocycles. The van der Waals surface area contributed by atoms with Crippen LogP contribution in [0.1, 0.15) is 22.7 Å². The molecule has 114 valence electrons. The summed E-state index contributed by atoms with van der Waals surface area (Å²) in [5.74, 6) is 0. The van der Waals surface area contributed by atoms with Crippen molar-refractivity contribution in [2.75, 3.05) is 26.2 Å². The zero-order chi connectivity index (χ0) is 14.9. The summed E-state index contributed by atoms with van der Waals surface area (Å²) in [7, 11) is 0. The van der Waals surface area contributed by atoms with E-state index in [1.54, 1.807) is 0 Å². The molecule has 2 aliphatic rings.